The van der Waals surface area contributed by atoms with E-state index >= 15 is 0 Å². The fourth-order valence-electron chi connectivity index (χ4n) is 2.76. The predicted molar refractivity (Wildman–Crippen MR) is 86.5 cm³/mol. The zero-order valence-corrected chi connectivity index (χ0v) is 13.3. The van der Waals surface area contributed by atoms with Gasteiger partial charge in [0.25, 0.3) is 0 Å². The number of likely N-dealkylation sites (tertiary alicyclic amines) is 1. The fourth-order valence-corrected chi connectivity index (χ4v) is 2.76. The highest BCUT2D eigenvalue weighted by molar-refractivity contribution is 5.85. The molecule has 21 heavy (non-hydrogen) atoms. The van der Waals surface area contributed by atoms with Crippen LogP contribution in [0, 0.1) is 5.92 Å². The van der Waals surface area contributed by atoms with Crippen LogP contribution in [0.3, 0.4) is 0 Å². The number of nitrogens with two attached hydrogens (primary N) is 1. The highest BCUT2D eigenvalue weighted by atomic mass is 35.5. The molecule has 0 spiro atoms. The van der Waals surface area contributed by atoms with Crippen LogP contribution in [-0.2, 0) is 16.0 Å². The number of benzene rings is 1. The van der Waals surface area contributed by atoms with E-state index in [9.17, 15) is 4.79 Å². The van der Waals surface area contributed by atoms with Crippen LogP contribution in [0.5, 0.6) is 0 Å². The molecule has 4 nitrogen and oxygen atoms in total. The minimum Gasteiger partial charge on any atom is -0.380 e. The van der Waals surface area contributed by atoms with Gasteiger partial charge in [-0.15, -0.1) is 12.4 Å². The van der Waals surface area contributed by atoms with Crippen LogP contribution in [0.25, 0.3) is 0 Å². The van der Waals surface area contributed by atoms with Gasteiger partial charge in [-0.3, -0.25) is 4.79 Å². The Morgan fingerprint density at radius 1 is 1.43 bits per heavy atom. The normalized spacial score (nSPS) is 19.1. The summed E-state index contributed by atoms with van der Waals surface area (Å²) in [6, 6.07) is 10.5. The second kappa shape index (κ2) is 9.03. The maximum absolute atomic E-state index is 12.2. The summed E-state index contributed by atoms with van der Waals surface area (Å²) in [4.78, 5) is 14.1. The van der Waals surface area contributed by atoms with Crippen molar-refractivity contribution in [3.8, 4) is 0 Å². The molecule has 1 aromatic rings. The van der Waals surface area contributed by atoms with E-state index in [1.54, 1.807) is 7.11 Å². The van der Waals surface area contributed by atoms with Gasteiger partial charge in [0, 0.05) is 26.7 Å². The fraction of sp³-hybridized carbons (Fsp3) is 0.562. The number of rotatable bonds is 6. The Bertz CT molecular complexity index is 424. The summed E-state index contributed by atoms with van der Waals surface area (Å²) >= 11 is 0. The highest BCUT2D eigenvalue weighted by Crippen LogP contribution is 2.21. The van der Waals surface area contributed by atoms with Crippen molar-refractivity contribution in [3.63, 3.8) is 0 Å². The number of amides is 1. The summed E-state index contributed by atoms with van der Waals surface area (Å²) < 4.78 is 5.18. The van der Waals surface area contributed by atoms with E-state index in [2.05, 4.69) is 24.3 Å². The molecule has 1 aliphatic rings. The van der Waals surface area contributed by atoms with Crippen LogP contribution in [-0.4, -0.2) is 43.7 Å². The molecule has 1 aromatic carbocycles. The lowest BCUT2D eigenvalue weighted by Gasteiger charge is -2.19. The van der Waals surface area contributed by atoms with Crippen LogP contribution in [0.4, 0.5) is 0 Å². The molecule has 2 rings (SSSR count). The first-order valence-corrected chi connectivity index (χ1v) is 7.27. The second-order valence-electron chi connectivity index (χ2n) is 5.48. The van der Waals surface area contributed by atoms with Gasteiger partial charge in [0.05, 0.1) is 12.5 Å². The second-order valence-corrected chi connectivity index (χ2v) is 5.48. The van der Waals surface area contributed by atoms with Crippen molar-refractivity contribution in [1.82, 2.24) is 4.90 Å². The van der Waals surface area contributed by atoms with Crippen LogP contribution in [0.1, 0.15) is 18.4 Å². The molecule has 1 fully saturated rings. The Kier molecular flexibility index (Phi) is 7.72. The number of methoxy groups -OCH3 is 1. The maximum Gasteiger partial charge on any atom is 0.225 e. The van der Waals surface area contributed by atoms with Gasteiger partial charge in [-0.25, -0.2) is 0 Å². The largest absolute Gasteiger partial charge is 0.380 e. The van der Waals surface area contributed by atoms with Crippen molar-refractivity contribution >= 4 is 18.3 Å². The third-order valence-electron chi connectivity index (χ3n) is 4.00. The van der Waals surface area contributed by atoms with Crippen molar-refractivity contribution in [3.05, 3.63) is 35.9 Å². The van der Waals surface area contributed by atoms with Gasteiger partial charge in [-0.05, 0) is 24.3 Å². The summed E-state index contributed by atoms with van der Waals surface area (Å²) in [5.74, 6) is 0.734. The average Bonchev–Trinajstić information content (AvgIpc) is 2.94. The highest BCUT2D eigenvalue weighted by Gasteiger charge is 2.27. The van der Waals surface area contributed by atoms with E-state index in [0.29, 0.717) is 18.9 Å². The lowest BCUT2D eigenvalue weighted by Crippen LogP contribution is -2.34. The van der Waals surface area contributed by atoms with E-state index in [0.717, 1.165) is 25.9 Å². The average molecular weight is 313 g/mol. The van der Waals surface area contributed by atoms with Crippen molar-refractivity contribution in [2.45, 2.75) is 25.4 Å². The summed E-state index contributed by atoms with van der Waals surface area (Å²) in [5.41, 5.74) is 6.91. The van der Waals surface area contributed by atoms with Gasteiger partial charge in [-0.2, -0.15) is 0 Å². The number of nitrogens with zero attached hydrogens (tertiary/aromatic N) is 1. The van der Waals surface area contributed by atoms with E-state index in [1.807, 2.05) is 11.0 Å². The van der Waals surface area contributed by atoms with Crippen LogP contribution < -0.4 is 5.73 Å². The molecule has 0 radical (unpaired) electrons. The lowest BCUT2D eigenvalue weighted by molar-refractivity contribution is -0.132. The van der Waals surface area contributed by atoms with E-state index in [-0.39, 0.29) is 24.4 Å². The van der Waals surface area contributed by atoms with Crippen molar-refractivity contribution in [2.75, 3.05) is 26.7 Å². The lowest BCUT2D eigenvalue weighted by atomic mass is 9.99. The standard InChI is InChI=1S/C16H24N2O2.ClH/c1-20-15(11-17)10-16(19)18-8-7-14(12-18)9-13-5-3-2-4-6-13;/h2-6,14-15H,7-12,17H2,1H3;1H. The number of hydrogen-bond donors (Lipinski definition) is 1. The first-order valence-electron chi connectivity index (χ1n) is 7.27. The predicted octanol–water partition coefficient (Wildman–Crippen LogP) is 1.86. The van der Waals surface area contributed by atoms with Crippen molar-refractivity contribution < 1.29 is 9.53 Å². The number of hydrogen-bond acceptors (Lipinski definition) is 3. The molecule has 0 aliphatic carbocycles. The summed E-state index contributed by atoms with van der Waals surface area (Å²) in [7, 11) is 1.60. The van der Waals surface area contributed by atoms with Crippen molar-refractivity contribution in [1.29, 1.82) is 0 Å². The molecule has 0 bridgehead atoms. The SMILES string of the molecule is COC(CN)CC(=O)N1CCC(Cc2ccccc2)C1.Cl. The number of carbonyl (C=O) groups excluding carboxylic acids is 1. The maximum atomic E-state index is 12.2. The third kappa shape index (κ3) is 5.30. The zero-order chi connectivity index (χ0) is 14.4. The Morgan fingerprint density at radius 3 is 2.76 bits per heavy atom. The molecule has 1 aliphatic heterocycles. The molecule has 2 unspecified atom stereocenters. The van der Waals surface area contributed by atoms with E-state index in [4.69, 9.17) is 10.5 Å². The first kappa shape index (κ1) is 18.0. The number of halogens is 1. The number of carbonyl (C=O) groups is 1. The van der Waals surface area contributed by atoms with E-state index in [1.165, 1.54) is 5.56 Å². The van der Waals surface area contributed by atoms with Gasteiger partial charge in [0.2, 0.25) is 5.91 Å². The summed E-state index contributed by atoms with van der Waals surface area (Å²) in [6.45, 7) is 2.11. The van der Waals surface area contributed by atoms with Crippen LogP contribution in [0.2, 0.25) is 0 Å². The van der Waals surface area contributed by atoms with Crippen LogP contribution >= 0.6 is 12.4 Å². The molecule has 1 amide bonds. The minimum atomic E-state index is -0.157. The molecule has 1 heterocycles. The first-order chi connectivity index (χ1) is 9.72. The molecule has 5 heteroatoms. The molecule has 118 valence electrons. The Morgan fingerprint density at radius 2 is 2.14 bits per heavy atom. The summed E-state index contributed by atoms with van der Waals surface area (Å²) in [6.07, 6.45) is 2.37. The quantitative estimate of drug-likeness (QED) is 0.872. The van der Waals surface area contributed by atoms with Gasteiger partial charge in [0.15, 0.2) is 0 Å². The molecule has 0 saturated carbocycles. The van der Waals surface area contributed by atoms with Crippen LogP contribution in [0.15, 0.2) is 30.3 Å². The molecule has 2 N–H and O–H groups in total. The Balaban J connectivity index is 0.00000220. The van der Waals surface area contributed by atoms with Gasteiger partial charge < -0.3 is 15.4 Å². The molecular weight excluding hydrogens is 288 g/mol. The molecule has 2 atom stereocenters. The zero-order valence-electron chi connectivity index (χ0n) is 12.5. The Hall–Kier alpha value is -1.10. The molecular formula is C16H25ClN2O2. The summed E-state index contributed by atoms with van der Waals surface area (Å²) in [5, 5.41) is 0. The monoisotopic (exact) mass is 312 g/mol. The van der Waals surface area contributed by atoms with Gasteiger partial charge in [-0.1, -0.05) is 30.3 Å². The third-order valence-corrected chi connectivity index (χ3v) is 4.00. The Labute approximate surface area is 133 Å². The van der Waals surface area contributed by atoms with Crippen molar-refractivity contribution in [2.24, 2.45) is 11.7 Å². The van der Waals surface area contributed by atoms with E-state index < -0.39 is 0 Å². The minimum absolute atomic E-state index is 0. The molecule has 0 aromatic heterocycles. The molecule has 1 saturated heterocycles. The van der Waals surface area contributed by atoms with Gasteiger partial charge >= 0.3 is 0 Å². The van der Waals surface area contributed by atoms with Gasteiger partial charge in [0.1, 0.15) is 0 Å². The topological polar surface area (TPSA) is 55.6 Å². The number of ether oxygens (including phenoxy) is 1. The smallest absolute Gasteiger partial charge is 0.225 e.